The van der Waals surface area contributed by atoms with Crippen molar-refractivity contribution in [3.8, 4) is 5.75 Å². The molecule has 1 aromatic carbocycles. The third-order valence-corrected chi connectivity index (χ3v) is 4.29. The molecule has 0 radical (unpaired) electrons. The zero-order valence-corrected chi connectivity index (χ0v) is 11.6. The van der Waals surface area contributed by atoms with Crippen molar-refractivity contribution in [2.45, 2.75) is 18.9 Å². The number of hydrogen-bond acceptors (Lipinski definition) is 5. The highest BCUT2D eigenvalue weighted by molar-refractivity contribution is 7.92. The van der Waals surface area contributed by atoms with E-state index in [1.807, 2.05) is 0 Å². The number of hydrogen-bond donors (Lipinski definition) is 2. The van der Waals surface area contributed by atoms with Crippen LogP contribution in [0.4, 0.5) is 11.4 Å². The number of anilines is 2. The van der Waals surface area contributed by atoms with Crippen LogP contribution in [0.5, 0.6) is 5.75 Å². The molecule has 1 aliphatic heterocycles. The average Bonchev–Trinajstić information content (AvgIpc) is 2.83. The van der Waals surface area contributed by atoms with Gasteiger partial charge < -0.3 is 15.2 Å². The Hall–Kier alpha value is -1.47. The van der Waals surface area contributed by atoms with Crippen molar-refractivity contribution in [3.63, 3.8) is 0 Å². The van der Waals surface area contributed by atoms with Gasteiger partial charge in [-0.1, -0.05) is 0 Å². The number of methoxy groups -OCH3 is 1. The highest BCUT2D eigenvalue weighted by atomic mass is 32.2. The van der Waals surface area contributed by atoms with Crippen molar-refractivity contribution < 1.29 is 17.9 Å². The molecule has 1 aromatic rings. The number of benzene rings is 1. The summed E-state index contributed by atoms with van der Waals surface area (Å²) in [5.41, 5.74) is 6.57. The van der Waals surface area contributed by atoms with E-state index in [-0.39, 0.29) is 11.9 Å². The van der Waals surface area contributed by atoms with Gasteiger partial charge in [0.05, 0.1) is 30.3 Å². The Balaban J connectivity index is 2.06. The largest absolute Gasteiger partial charge is 0.495 e. The van der Waals surface area contributed by atoms with Crippen LogP contribution in [-0.2, 0) is 14.8 Å². The molecule has 3 N–H and O–H groups in total. The van der Waals surface area contributed by atoms with Crippen molar-refractivity contribution in [2.75, 3.05) is 29.9 Å². The van der Waals surface area contributed by atoms with Crippen LogP contribution >= 0.6 is 0 Å². The Morgan fingerprint density at radius 2 is 2.32 bits per heavy atom. The molecule has 19 heavy (non-hydrogen) atoms. The van der Waals surface area contributed by atoms with Crippen LogP contribution < -0.4 is 15.2 Å². The molecule has 1 heterocycles. The fourth-order valence-electron chi connectivity index (χ4n) is 2.02. The fourth-order valence-corrected chi connectivity index (χ4v) is 3.34. The first-order valence-electron chi connectivity index (χ1n) is 6.06. The Labute approximate surface area is 112 Å². The quantitative estimate of drug-likeness (QED) is 0.794. The molecule has 0 aliphatic carbocycles. The van der Waals surface area contributed by atoms with Crippen LogP contribution in [-0.4, -0.2) is 34.0 Å². The Kier molecular flexibility index (Phi) is 4.16. The molecule has 0 aromatic heterocycles. The van der Waals surface area contributed by atoms with E-state index in [1.54, 1.807) is 18.2 Å². The second-order valence-corrected chi connectivity index (χ2v) is 6.24. The molecule has 7 heteroatoms. The van der Waals surface area contributed by atoms with Crippen LogP contribution in [0.25, 0.3) is 0 Å². The lowest BCUT2D eigenvalue weighted by molar-refractivity contribution is 0.127. The standard InChI is InChI=1S/C12H18N2O4S/c1-17-12-7-9(4-5-11(12)13)14-19(15,16)8-10-3-2-6-18-10/h4-5,7,10,14H,2-3,6,8,13H2,1H3. The Morgan fingerprint density at radius 1 is 1.53 bits per heavy atom. The molecule has 0 saturated carbocycles. The van der Waals surface area contributed by atoms with E-state index in [2.05, 4.69) is 4.72 Å². The predicted octanol–water partition coefficient (Wildman–Crippen LogP) is 1.20. The van der Waals surface area contributed by atoms with Crippen LogP contribution in [0.15, 0.2) is 18.2 Å². The number of nitrogens with one attached hydrogen (secondary N) is 1. The zero-order chi connectivity index (χ0) is 13.9. The number of rotatable bonds is 5. The van der Waals surface area contributed by atoms with E-state index in [0.717, 1.165) is 12.8 Å². The van der Waals surface area contributed by atoms with E-state index in [0.29, 0.717) is 23.7 Å². The van der Waals surface area contributed by atoms with Crippen molar-refractivity contribution in [2.24, 2.45) is 0 Å². The van der Waals surface area contributed by atoms with Crippen molar-refractivity contribution >= 4 is 21.4 Å². The Morgan fingerprint density at radius 3 is 2.95 bits per heavy atom. The highest BCUT2D eigenvalue weighted by Crippen LogP contribution is 2.26. The maximum atomic E-state index is 12.0. The van der Waals surface area contributed by atoms with Gasteiger partial charge in [-0.15, -0.1) is 0 Å². The van der Waals surface area contributed by atoms with Gasteiger partial charge in [-0.3, -0.25) is 4.72 Å². The fraction of sp³-hybridized carbons (Fsp3) is 0.500. The second-order valence-electron chi connectivity index (χ2n) is 4.48. The van der Waals surface area contributed by atoms with Crippen LogP contribution in [0.3, 0.4) is 0 Å². The van der Waals surface area contributed by atoms with Crippen molar-refractivity contribution in [1.82, 2.24) is 0 Å². The molecular formula is C12H18N2O4S. The summed E-state index contributed by atoms with van der Waals surface area (Å²) >= 11 is 0. The summed E-state index contributed by atoms with van der Waals surface area (Å²) in [6.07, 6.45) is 1.48. The number of ether oxygens (including phenoxy) is 2. The number of nitrogen functional groups attached to an aromatic ring is 1. The number of sulfonamides is 1. The molecule has 0 amide bonds. The summed E-state index contributed by atoms with van der Waals surface area (Å²) < 4.78 is 36.8. The molecule has 1 atom stereocenters. The molecule has 6 nitrogen and oxygen atoms in total. The van der Waals surface area contributed by atoms with Crippen LogP contribution in [0.1, 0.15) is 12.8 Å². The monoisotopic (exact) mass is 286 g/mol. The first-order chi connectivity index (χ1) is 9.00. The average molecular weight is 286 g/mol. The smallest absolute Gasteiger partial charge is 0.235 e. The molecule has 1 aliphatic rings. The molecular weight excluding hydrogens is 268 g/mol. The highest BCUT2D eigenvalue weighted by Gasteiger charge is 2.23. The number of nitrogens with two attached hydrogens (primary N) is 1. The molecule has 1 unspecified atom stereocenters. The normalized spacial score (nSPS) is 19.3. The van der Waals surface area contributed by atoms with E-state index in [4.69, 9.17) is 15.2 Å². The molecule has 1 fully saturated rings. The van der Waals surface area contributed by atoms with E-state index >= 15 is 0 Å². The van der Waals surface area contributed by atoms with Crippen molar-refractivity contribution in [3.05, 3.63) is 18.2 Å². The van der Waals surface area contributed by atoms with Gasteiger partial charge in [0.25, 0.3) is 0 Å². The summed E-state index contributed by atoms with van der Waals surface area (Å²) in [6.45, 7) is 0.635. The second kappa shape index (κ2) is 5.66. The zero-order valence-electron chi connectivity index (χ0n) is 10.8. The maximum Gasteiger partial charge on any atom is 0.235 e. The van der Waals surface area contributed by atoms with Gasteiger partial charge in [0.2, 0.25) is 10.0 Å². The van der Waals surface area contributed by atoms with E-state index < -0.39 is 10.0 Å². The van der Waals surface area contributed by atoms with Gasteiger partial charge in [-0.25, -0.2) is 8.42 Å². The minimum Gasteiger partial charge on any atom is -0.495 e. The first kappa shape index (κ1) is 14.0. The lowest BCUT2D eigenvalue weighted by atomic mass is 10.2. The van der Waals surface area contributed by atoms with Gasteiger partial charge in [0.15, 0.2) is 0 Å². The minimum atomic E-state index is -3.43. The van der Waals surface area contributed by atoms with Gasteiger partial charge in [-0.2, -0.15) is 0 Å². The van der Waals surface area contributed by atoms with Gasteiger partial charge in [0.1, 0.15) is 5.75 Å². The maximum absolute atomic E-state index is 12.0. The topological polar surface area (TPSA) is 90.6 Å². The predicted molar refractivity (Wildman–Crippen MR) is 73.8 cm³/mol. The SMILES string of the molecule is COc1cc(NS(=O)(=O)CC2CCCO2)ccc1N. The molecule has 2 rings (SSSR count). The van der Waals surface area contributed by atoms with E-state index in [1.165, 1.54) is 7.11 Å². The summed E-state index contributed by atoms with van der Waals surface area (Å²) in [5.74, 6) is 0.414. The van der Waals surface area contributed by atoms with Crippen LogP contribution in [0, 0.1) is 0 Å². The van der Waals surface area contributed by atoms with Crippen molar-refractivity contribution in [1.29, 1.82) is 0 Å². The molecule has 0 spiro atoms. The lowest BCUT2D eigenvalue weighted by Crippen LogP contribution is -2.25. The third-order valence-electron chi connectivity index (χ3n) is 2.94. The molecule has 0 bridgehead atoms. The van der Waals surface area contributed by atoms with Gasteiger partial charge >= 0.3 is 0 Å². The van der Waals surface area contributed by atoms with Gasteiger partial charge in [-0.05, 0) is 25.0 Å². The summed E-state index contributed by atoms with van der Waals surface area (Å²) in [6, 6.07) is 4.76. The third kappa shape index (κ3) is 3.74. The molecule has 106 valence electrons. The summed E-state index contributed by atoms with van der Waals surface area (Å²) in [7, 11) is -1.94. The van der Waals surface area contributed by atoms with E-state index in [9.17, 15) is 8.42 Å². The Bertz CT molecular complexity index is 539. The minimum absolute atomic E-state index is 0.0281. The van der Waals surface area contributed by atoms with Crippen LogP contribution in [0.2, 0.25) is 0 Å². The molecule has 1 saturated heterocycles. The lowest BCUT2D eigenvalue weighted by Gasteiger charge is -2.13. The van der Waals surface area contributed by atoms with Gasteiger partial charge in [0, 0.05) is 12.7 Å². The summed E-state index contributed by atoms with van der Waals surface area (Å²) in [5, 5.41) is 0. The summed E-state index contributed by atoms with van der Waals surface area (Å²) in [4.78, 5) is 0. The first-order valence-corrected chi connectivity index (χ1v) is 7.71.